The van der Waals surface area contributed by atoms with Gasteiger partial charge in [-0.3, -0.25) is 9.59 Å². The van der Waals surface area contributed by atoms with Gasteiger partial charge in [0.25, 0.3) is 5.91 Å². The third kappa shape index (κ3) is 5.01. The van der Waals surface area contributed by atoms with E-state index in [1.165, 1.54) is 5.56 Å². The Bertz CT molecular complexity index is 842. The molecule has 1 atom stereocenters. The van der Waals surface area contributed by atoms with Crippen molar-refractivity contribution < 1.29 is 9.59 Å². The molecule has 0 saturated heterocycles. The summed E-state index contributed by atoms with van der Waals surface area (Å²) in [5.74, 6) is 0.0128. The average Bonchev–Trinajstić information content (AvgIpc) is 3.37. The van der Waals surface area contributed by atoms with Gasteiger partial charge in [0.1, 0.15) is 6.04 Å². The maximum atomic E-state index is 13.4. The largest absolute Gasteiger partial charge is 0.349 e. The number of benzene rings is 1. The van der Waals surface area contributed by atoms with Crippen LogP contribution in [0.1, 0.15) is 87.5 Å². The fraction of sp³-hybridized carbons (Fsp3) is 0.545. The first kappa shape index (κ1) is 21.4. The highest BCUT2D eigenvalue weighted by Crippen LogP contribution is 2.36. The van der Waals surface area contributed by atoms with Crippen molar-refractivity contribution in [3.05, 3.63) is 46.5 Å². The summed E-state index contributed by atoms with van der Waals surface area (Å²) < 4.78 is 3.83. The highest BCUT2D eigenvalue weighted by molar-refractivity contribution is 7.03. The second-order valence-corrected chi connectivity index (χ2v) is 9.29. The number of carbonyl (C=O) groups is 2. The Kier molecular flexibility index (Phi) is 6.36. The van der Waals surface area contributed by atoms with Crippen LogP contribution in [0.25, 0.3) is 0 Å². The van der Waals surface area contributed by atoms with Gasteiger partial charge in [-0.2, -0.15) is 0 Å². The molecule has 0 radical (unpaired) electrons. The number of rotatable bonds is 8. The fourth-order valence-electron chi connectivity index (χ4n) is 3.23. The molecule has 2 aromatic rings. The van der Waals surface area contributed by atoms with Crippen molar-refractivity contribution in [2.24, 2.45) is 0 Å². The average molecular weight is 415 g/mol. The van der Waals surface area contributed by atoms with Gasteiger partial charge in [-0.1, -0.05) is 49.5 Å². The molecule has 3 rings (SSSR count). The molecule has 156 valence electrons. The first-order valence-electron chi connectivity index (χ1n) is 10.2. The zero-order valence-electron chi connectivity index (χ0n) is 17.8. The van der Waals surface area contributed by atoms with Crippen molar-refractivity contribution in [1.29, 1.82) is 0 Å². The van der Waals surface area contributed by atoms with E-state index in [9.17, 15) is 9.59 Å². The minimum absolute atomic E-state index is 0.0504. The molecule has 1 saturated carbocycles. The molecule has 0 bridgehead atoms. The molecule has 0 aliphatic heterocycles. The molecule has 1 aliphatic rings. The summed E-state index contributed by atoms with van der Waals surface area (Å²) in [4.78, 5) is 28.4. The molecule has 1 aromatic heterocycles. The number of amides is 2. The van der Waals surface area contributed by atoms with Crippen molar-refractivity contribution >= 4 is 23.3 Å². The molecule has 0 spiro atoms. The van der Waals surface area contributed by atoms with E-state index in [1.807, 2.05) is 45.0 Å². The van der Waals surface area contributed by atoms with Crippen LogP contribution in [0.15, 0.2) is 29.6 Å². The monoisotopic (exact) mass is 414 g/mol. The third-order valence-corrected chi connectivity index (χ3v) is 6.05. The molecule has 1 unspecified atom stereocenters. The van der Waals surface area contributed by atoms with Crippen molar-refractivity contribution in [3.8, 4) is 0 Å². The Morgan fingerprint density at radius 3 is 2.31 bits per heavy atom. The predicted molar refractivity (Wildman–Crippen MR) is 115 cm³/mol. The highest BCUT2D eigenvalue weighted by atomic mass is 32.1. The van der Waals surface area contributed by atoms with Crippen LogP contribution < -0.4 is 5.32 Å². The van der Waals surface area contributed by atoms with Crippen LogP contribution >= 0.6 is 11.5 Å². The minimum Gasteiger partial charge on any atom is -0.349 e. The Morgan fingerprint density at radius 1 is 1.21 bits per heavy atom. The van der Waals surface area contributed by atoms with Gasteiger partial charge >= 0.3 is 0 Å². The van der Waals surface area contributed by atoms with Gasteiger partial charge in [0.15, 0.2) is 5.69 Å². The van der Waals surface area contributed by atoms with Crippen molar-refractivity contribution in [2.45, 2.75) is 77.4 Å². The number of nitrogens with one attached hydrogen (secondary N) is 1. The van der Waals surface area contributed by atoms with Crippen LogP contribution in [0, 0.1) is 0 Å². The summed E-state index contributed by atoms with van der Waals surface area (Å²) in [6, 6.07) is 7.40. The molecular formula is C22H30N4O2S. The van der Waals surface area contributed by atoms with Crippen molar-refractivity contribution in [2.75, 3.05) is 0 Å². The normalized spacial score (nSPS) is 15.2. The fourth-order valence-corrected chi connectivity index (χ4v) is 3.66. The van der Waals surface area contributed by atoms with E-state index >= 15 is 0 Å². The third-order valence-electron chi connectivity index (χ3n) is 5.54. The summed E-state index contributed by atoms with van der Waals surface area (Å²) in [5, 5.41) is 8.74. The number of hydrogen-bond acceptors (Lipinski definition) is 5. The molecule has 1 N–H and O–H groups in total. The van der Waals surface area contributed by atoms with Gasteiger partial charge in [-0.25, -0.2) is 0 Å². The summed E-state index contributed by atoms with van der Waals surface area (Å²) >= 11 is 1.14. The molecule has 1 heterocycles. The molecule has 7 heteroatoms. The number of hydrogen-bond donors (Lipinski definition) is 1. The van der Waals surface area contributed by atoms with Gasteiger partial charge in [0, 0.05) is 17.0 Å². The molecular weight excluding hydrogens is 384 g/mol. The number of nitrogens with zero attached hydrogens (tertiary/aromatic N) is 3. The quantitative estimate of drug-likeness (QED) is 0.698. The summed E-state index contributed by atoms with van der Waals surface area (Å²) in [5.41, 5.74) is 1.97. The van der Waals surface area contributed by atoms with Gasteiger partial charge in [0.05, 0.1) is 0 Å². The van der Waals surface area contributed by atoms with E-state index < -0.39 is 6.04 Å². The lowest BCUT2D eigenvalue weighted by atomic mass is 9.96. The second kappa shape index (κ2) is 8.61. The summed E-state index contributed by atoms with van der Waals surface area (Å²) in [7, 11) is 0. The molecule has 2 amide bonds. The van der Waals surface area contributed by atoms with Gasteiger partial charge in [-0.15, -0.1) is 5.10 Å². The van der Waals surface area contributed by atoms with E-state index in [4.69, 9.17) is 0 Å². The first-order chi connectivity index (χ1) is 13.7. The Balaban J connectivity index is 2.00. The minimum atomic E-state index is -0.691. The zero-order chi connectivity index (χ0) is 21.2. The molecule has 1 fully saturated rings. The van der Waals surface area contributed by atoms with E-state index in [0.717, 1.165) is 36.4 Å². The number of aromatic nitrogens is 2. The van der Waals surface area contributed by atoms with E-state index in [1.54, 1.807) is 10.3 Å². The SMILES string of the molecule is CCC(C)(C)NC(=O)C(c1ccc(C(C)C)cc1)N(C(=O)c1csnn1)C1CC1. The van der Waals surface area contributed by atoms with Gasteiger partial charge < -0.3 is 10.2 Å². The maximum Gasteiger partial charge on any atom is 0.276 e. The van der Waals surface area contributed by atoms with Crippen LogP contribution in [0.2, 0.25) is 0 Å². The molecule has 1 aromatic carbocycles. The number of carbonyl (C=O) groups excluding carboxylic acids is 2. The van der Waals surface area contributed by atoms with Crippen LogP contribution in [0.5, 0.6) is 0 Å². The van der Waals surface area contributed by atoms with Crippen molar-refractivity contribution in [3.63, 3.8) is 0 Å². The standard InChI is InChI=1S/C22H30N4O2S/c1-6-22(4,5)23-20(27)19(16-9-7-15(8-10-16)14(2)3)26(17-11-12-17)21(28)18-13-29-25-24-18/h7-10,13-14,17,19H,6,11-12H2,1-5H3,(H,23,27). The maximum absolute atomic E-state index is 13.4. The second-order valence-electron chi connectivity index (χ2n) is 8.68. The summed E-state index contributed by atoms with van der Waals surface area (Å²) in [6.07, 6.45) is 2.59. The molecule has 1 aliphatic carbocycles. The highest BCUT2D eigenvalue weighted by Gasteiger charge is 2.43. The van der Waals surface area contributed by atoms with Crippen LogP contribution in [-0.4, -0.2) is 37.9 Å². The first-order valence-corrected chi connectivity index (χ1v) is 11.1. The lowest BCUT2D eigenvalue weighted by molar-refractivity contribution is -0.127. The smallest absolute Gasteiger partial charge is 0.276 e. The van der Waals surface area contributed by atoms with Crippen LogP contribution in [0.3, 0.4) is 0 Å². The lowest BCUT2D eigenvalue weighted by Crippen LogP contribution is -2.51. The zero-order valence-corrected chi connectivity index (χ0v) is 18.6. The van der Waals surface area contributed by atoms with E-state index in [-0.39, 0.29) is 23.4 Å². The Morgan fingerprint density at radius 2 is 1.83 bits per heavy atom. The van der Waals surface area contributed by atoms with Gasteiger partial charge in [-0.05, 0) is 61.7 Å². The van der Waals surface area contributed by atoms with Crippen molar-refractivity contribution in [1.82, 2.24) is 19.8 Å². The molecule has 6 nitrogen and oxygen atoms in total. The predicted octanol–water partition coefficient (Wildman–Crippen LogP) is 4.31. The van der Waals surface area contributed by atoms with Gasteiger partial charge in [0.2, 0.25) is 5.91 Å². The van der Waals surface area contributed by atoms with E-state index in [2.05, 4.69) is 28.8 Å². The topological polar surface area (TPSA) is 75.2 Å². The Labute approximate surface area is 176 Å². The Hall–Kier alpha value is -2.28. The molecule has 29 heavy (non-hydrogen) atoms. The lowest BCUT2D eigenvalue weighted by Gasteiger charge is -2.34. The van der Waals surface area contributed by atoms with Crippen LogP contribution in [0.4, 0.5) is 0 Å². The van der Waals surface area contributed by atoms with E-state index in [0.29, 0.717) is 11.6 Å². The summed E-state index contributed by atoms with van der Waals surface area (Å²) in [6.45, 7) is 10.3. The van der Waals surface area contributed by atoms with Crippen LogP contribution in [-0.2, 0) is 4.79 Å².